The number of nitrogens with zero attached hydrogens (tertiary/aromatic N) is 1. The zero-order valence-corrected chi connectivity index (χ0v) is 23.8. The first-order chi connectivity index (χ1) is 18.4. The number of para-hydroxylation sites is 1. The predicted octanol–water partition coefficient (Wildman–Crippen LogP) is 4.10. The number of aliphatic hydroxyl groups excluding tert-OH is 1. The van der Waals surface area contributed by atoms with E-state index in [1.807, 2.05) is 52.0 Å². The van der Waals surface area contributed by atoms with E-state index in [1.54, 1.807) is 12.1 Å². The third-order valence-electron chi connectivity index (χ3n) is 8.49. The van der Waals surface area contributed by atoms with Crippen LogP contribution in [-0.4, -0.2) is 47.2 Å². The van der Waals surface area contributed by atoms with E-state index < -0.39 is 33.2 Å². The van der Waals surface area contributed by atoms with Gasteiger partial charge in [-0.25, -0.2) is 8.42 Å². The van der Waals surface area contributed by atoms with Gasteiger partial charge in [-0.3, -0.25) is 20.4 Å². The van der Waals surface area contributed by atoms with Crippen molar-refractivity contribution >= 4 is 21.7 Å². The molecule has 0 saturated carbocycles. The van der Waals surface area contributed by atoms with Gasteiger partial charge in [0, 0.05) is 23.6 Å². The largest absolute Gasteiger partial charge is 0.487 e. The van der Waals surface area contributed by atoms with Crippen molar-refractivity contribution in [2.24, 2.45) is 0 Å². The molecule has 5 rings (SSSR count). The Hall–Kier alpha value is -2.95. The molecular formula is C29H38N4O5S. The third kappa shape index (κ3) is 5.05. The normalized spacial score (nSPS) is 25.6. The number of nitrogens with one attached hydrogen (secondary N) is 3. The first-order valence-electron chi connectivity index (χ1n) is 13.7. The van der Waals surface area contributed by atoms with E-state index in [9.17, 15) is 18.3 Å². The van der Waals surface area contributed by atoms with Crippen molar-refractivity contribution in [3.8, 4) is 5.75 Å². The first-order valence-corrected chi connectivity index (χ1v) is 15.3. The average molecular weight is 555 g/mol. The molecule has 2 aromatic carbocycles. The van der Waals surface area contributed by atoms with E-state index in [2.05, 4.69) is 10.6 Å². The second-order valence-electron chi connectivity index (χ2n) is 11.5. The molecular weight excluding hydrogens is 516 g/mol. The number of amides is 1. The summed E-state index contributed by atoms with van der Waals surface area (Å²) < 4.78 is 32.1. The highest BCUT2D eigenvalue weighted by Crippen LogP contribution is 2.42. The molecule has 1 unspecified atom stereocenters. The molecule has 3 aliphatic heterocycles. The summed E-state index contributed by atoms with van der Waals surface area (Å²) in [5.41, 5.74) is 0.979. The van der Waals surface area contributed by atoms with Crippen LogP contribution in [0.3, 0.4) is 0 Å². The maximum atomic E-state index is 13.4. The smallest absolute Gasteiger partial charge is 0.232 e. The van der Waals surface area contributed by atoms with Gasteiger partial charge in [-0.15, -0.1) is 0 Å². The molecule has 2 aromatic rings. The van der Waals surface area contributed by atoms with Crippen LogP contribution >= 0.6 is 0 Å². The zero-order chi connectivity index (χ0) is 28.2. The molecule has 0 spiro atoms. The van der Waals surface area contributed by atoms with Crippen molar-refractivity contribution in [3.05, 3.63) is 59.2 Å². The SMILES string of the molecule is CCC1(CC)CC(=O)N([C@@H]2CCS(=O)(=O)c3ccc(C(O)N[C@H]4CC(C)(C)Oc5ccccc54)cc32)C(=N)N1. The van der Waals surface area contributed by atoms with Crippen molar-refractivity contribution in [3.63, 3.8) is 0 Å². The highest BCUT2D eigenvalue weighted by Gasteiger charge is 2.45. The fraction of sp³-hybridized carbons (Fsp3) is 0.517. The fourth-order valence-electron chi connectivity index (χ4n) is 6.18. The van der Waals surface area contributed by atoms with Crippen molar-refractivity contribution in [2.45, 2.75) is 94.1 Å². The van der Waals surface area contributed by atoms with Gasteiger partial charge in [0.25, 0.3) is 0 Å². The number of ether oxygens (including phenoxy) is 1. The van der Waals surface area contributed by atoms with E-state index in [-0.39, 0.29) is 41.4 Å². The van der Waals surface area contributed by atoms with Crippen LogP contribution in [0.1, 0.15) is 94.8 Å². The van der Waals surface area contributed by atoms with Crippen LogP contribution < -0.4 is 15.4 Å². The Morgan fingerprint density at radius 2 is 1.90 bits per heavy atom. The van der Waals surface area contributed by atoms with Crippen LogP contribution in [0.25, 0.3) is 0 Å². The van der Waals surface area contributed by atoms with Gasteiger partial charge in [-0.05, 0) is 62.4 Å². The number of carbonyl (C=O) groups is 1. The van der Waals surface area contributed by atoms with Crippen molar-refractivity contribution < 1.29 is 23.1 Å². The molecule has 0 bridgehead atoms. The lowest BCUT2D eigenvalue weighted by molar-refractivity contribution is -0.132. The van der Waals surface area contributed by atoms with Gasteiger partial charge < -0.3 is 15.2 Å². The van der Waals surface area contributed by atoms with Gasteiger partial charge in [-0.2, -0.15) is 0 Å². The lowest BCUT2D eigenvalue weighted by atomic mass is 9.86. The Labute approximate surface area is 230 Å². The maximum absolute atomic E-state index is 13.4. The number of guanidine groups is 1. The Balaban J connectivity index is 1.47. The van der Waals surface area contributed by atoms with Gasteiger partial charge in [0.15, 0.2) is 15.8 Å². The minimum absolute atomic E-state index is 0.00433. The van der Waals surface area contributed by atoms with Gasteiger partial charge in [-0.1, -0.05) is 38.1 Å². The Morgan fingerprint density at radius 1 is 1.18 bits per heavy atom. The number of aliphatic hydroxyl groups is 1. The Bertz CT molecular complexity index is 1380. The summed E-state index contributed by atoms with van der Waals surface area (Å²) in [6, 6.07) is 11.7. The molecule has 0 radical (unpaired) electrons. The van der Waals surface area contributed by atoms with Crippen LogP contribution in [0.5, 0.6) is 5.75 Å². The molecule has 9 nitrogen and oxygen atoms in total. The molecule has 1 amide bonds. The van der Waals surface area contributed by atoms with Crippen LogP contribution in [0.2, 0.25) is 0 Å². The highest BCUT2D eigenvalue weighted by atomic mass is 32.2. The maximum Gasteiger partial charge on any atom is 0.232 e. The monoisotopic (exact) mass is 554 g/mol. The first kappa shape index (κ1) is 27.6. The summed E-state index contributed by atoms with van der Waals surface area (Å²) in [5.74, 6) is 0.459. The molecule has 0 aromatic heterocycles. The molecule has 3 atom stereocenters. The van der Waals surface area contributed by atoms with E-state index >= 15 is 0 Å². The molecule has 10 heteroatoms. The Kier molecular flexibility index (Phi) is 7.01. The molecule has 3 aliphatic rings. The third-order valence-corrected chi connectivity index (χ3v) is 10.3. The summed E-state index contributed by atoms with van der Waals surface area (Å²) in [4.78, 5) is 14.9. The average Bonchev–Trinajstić information content (AvgIpc) is 2.88. The van der Waals surface area contributed by atoms with E-state index in [0.29, 0.717) is 30.4 Å². The van der Waals surface area contributed by atoms with Crippen molar-refractivity contribution in [2.75, 3.05) is 5.75 Å². The van der Waals surface area contributed by atoms with E-state index in [4.69, 9.17) is 10.1 Å². The lowest BCUT2D eigenvalue weighted by Crippen LogP contribution is -2.62. The van der Waals surface area contributed by atoms with E-state index in [0.717, 1.165) is 11.3 Å². The minimum Gasteiger partial charge on any atom is -0.487 e. The number of rotatable bonds is 6. The lowest BCUT2D eigenvalue weighted by Gasteiger charge is -2.45. The molecule has 1 fully saturated rings. The second-order valence-corrected chi connectivity index (χ2v) is 13.6. The van der Waals surface area contributed by atoms with Crippen LogP contribution in [-0.2, 0) is 14.6 Å². The summed E-state index contributed by atoms with van der Waals surface area (Å²) in [6.45, 7) is 7.99. The number of benzene rings is 2. The van der Waals surface area contributed by atoms with Gasteiger partial charge in [0.1, 0.15) is 17.6 Å². The number of fused-ring (bicyclic) bond motifs is 2. The predicted molar refractivity (Wildman–Crippen MR) is 148 cm³/mol. The fourth-order valence-corrected chi connectivity index (χ4v) is 7.76. The van der Waals surface area contributed by atoms with Crippen molar-refractivity contribution in [1.82, 2.24) is 15.5 Å². The van der Waals surface area contributed by atoms with Crippen LogP contribution in [0.15, 0.2) is 47.4 Å². The summed E-state index contributed by atoms with van der Waals surface area (Å²) in [5, 5.41) is 26.5. The molecule has 39 heavy (non-hydrogen) atoms. The number of carbonyl (C=O) groups excluding carboxylic acids is 1. The minimum atomic E-state index is -3.55. The topological polar surface area (TPSA) is 132 Å². The van der Waals surface area contributed by atoms with Crippen LogP contribution in [0, 0.1) is 5.41 Å². The van der Waals surface area contributed by atoms with Gasteiger partial charge in [0.05, 0.1) is 23.1 Å². The number of hydrogen-bond donors (Lipinski definition) is 4. The number of hydrogen-bond acceptors (Lipinski definition) is 7. The molecule has 0 aliphatic carbocycles. The van der Waals surface area contributed by atoms with Crippen molar-refractivity contribution in [1.29, 1.82) is 5.41 Å². The summed E-state index contributed by atoms with van der Waals surface area (Å²) in [6.07, 6.45) is 1.37. The van der Waals surface area contributed by atoms with E-state index in [1.165, 1.54) is 11.0 Å². The molecule has 3 heterocycles. The second kappa shape index (κ2) is 9.91. The molecule has 210 valence electrons. The standard InChI is InChI=1S/C29H38N4O5S/c1-5-29(6-2)17-25(34)33(27(30)32-29)22-13-14-39(36,37)24-12-11-18(15-20(22)24)26(35)31-21-16-28(3,4)38-23-10-8-7-9-19(21)23/h7-12,15,21-22,26,31,35H,5-6,13-14,16-17H2,1-4H3,(H2,30,32)/t21-,22+,26?/m0/s1. The van der Waals surface area contributed by atoms with Gasteiger partial charge >= 0.3 is 0 Å². The number of sulfone groups is 1. The summed E-state index contributed by atoms with van der Waals surface area (Å²) in [7, 11) is -3.55. The molecule has 4 N–H and O–H groups in total. The quantitative estimate of drug-likeness (QED) is 0.395. The van der Waals surface area contributed by atoms with Crippen LogP contribution in [0.4, 0.5) is 0 Å². The zero-order valence-electron chi connectivity index (χ0n) is 23.0. The Morgan fingerprint density at radius 3 is 2.59 bits per heavy atom. The van der Waals surface area contributed by atoms with Gasteiger partial charge in [0.2, 0.25) is 5.91 Å². The molecule has 1 saturated heterocycles. The summed E-state index contributed by atoms with van der Waals surface area (Å²) >= 11 is 0. The highest BCUT2D eigenvalue weighted by molar-refractivity contribution is 7.91.